The number of aromatic nitrogens is 2. The molecule has 1 heterocycles. The Morgan fingerprint density at radius 1 is 1.67 bits per heavy atom. The summed E-state index contributed by atoms with van der Waals surface area (Å²) in [5.74, 6) is -0.254. The third-order valence-corrected chi connectivity index (χ3v) is 1.87. The van der Waals surface area contributed by atoms with Gasteiger partial charge in [0.25, 0.3) is 0 Å². The number of rotatable bonds is 2. The SMILES string of the molecule is COC(=O)Cn1cnc(C)c1C. The minimum Gasteiger partial charge on any atom is -0.468 e. The van der Waals surface area contributed by atoms with E-state index in [1.54, 1.807) is 10.9 Å². The molecule has 0 saturated heterocycles. The molecule has 4 heteroatoms. The van der Waals surface area contributed by atoms with Crippen LogP contribution >= 0.6 is 0 Å². The van der Waals surface area contributed by atoms with E-state index in [4.69, 9.17) is 0 Å². The van der Waals surface area contributed by atoms with Crippen molar-refractivity contribution in [1.29, 1.82) is 0 Å². The Labute approximate surface area is 71.2 Å². The van der Waals surface area contributed by atoms with Gasteiger partial charge in [0.05, 0.1) is 19.1 Å². The molecule has 0 atom stereocenters. The highest BCUT2D eigenvalue weighted by Gasteiger charge is 2.05. The summed E-state index contributed by atoms with van der Waals surface area (Å²) in [6.07, 6.45) is 1.64. The molecule has 0 N–H and O–H groups in total. The molecule has 0 amide bonds. The molecule has 0 unspecified atom stereocenters. The molecule has 12 heavy (non-hydrogen) atoms. The van der Waals surface area contributed by atoms with E-state index < -0.39 is 0 Å². The molecular weight excluding hydrogens is 156 g/mol. The van der Waals surface area contributed by atoms with E-state index in [0.29, 0.717) is 0 Å². The van der Waals surface area contributed by atoms with E-state index in [2.05, 4.69) is 9.72 Å². The van der Waals surface area contributed by atoms with Crippen LogP contribution in [0.4, 0.5) is 0 Å². The predicted molar refractivity (Wildman–Crippen MR) is 43.7 cm³/mol. The Kier molecular flexibility index (Phi) is 2.47. The standard InChI is InChI=1S/C8H12N2O2/c1-6-7(2)10(5-9-6)4-8(11)12-3/h5H,4H2,1-3H3. The number of carbonyl (C=O) groups excluding carboxylic acids is 1. The van der Waals surface area contributed by atoms with Crippen molar-refractivity contribution < 1.29 is 9.53 Å². The van der Waals surface area contributed by atoms with Crippen molar-refractivity contribution in [2.24, 2.45) is 0 Å². The van der Waals surface area contributed by atoms with Gasteiger partial charge >= 0.3 is 5.97 Å². The Morgan fingerprint density at radius 3 is 2.75 bits per heavy atom. The van der Waals surface area contributed by atoms with Gasteiger partial charge in [-0.3, -0.25) is 4.79 Å². The van der Waals surface area contributed by atoms with Crippen molar-refractivity contribution in [2.75, 3.05) is 7.11 Å². The summed E-state index contributed by atoms with van der Waals surface area (Å²) in [4.78, 5) is 14.9. The fourth-order valence-corrected chi connectivity index (χ4v) is 0.907. The van der Waals surface area contributed by atoms with Gasteiger partial charge in [-0.2, -0.15) is 0 Å². The lowest BCUT2D eigenvalue weighted by Crippen LogP contribution is -2.11. The monoisotopic (exact) mass is 168 g/mol. The van der Waals surface area contributed by atoms with Crippen LogP contribution in [0, 0.1) is 13.8 Å². The summed E-state index contributed by atoms with van der Waals surface area (Å²) in [7, 11) is 1.38. The van der Waals surface area contributed by atoms with Crippen LogP contribution in [0.5, 0.6) is 0 Å². The molecule has 66 valence electrons. The molecule has 0 aromatic carbocycles. The van der Waals surface area contributed by atoms with Crippen LogP contribution < -0.4 is 0 Å². The van der Waals surface area contributed by atoms with Crippen LogP contribution in [0.3, 0.4) is 0 Å². The Balaban J connectivity index is 2.76. The van der Waals surface area contributed by atoms with Gasteiger partial charge in [0.2, 0.25) is 0 Å². The molecule has 1 rings (SSSR count). The molecule has 1 aromatic heterocycles. The second-order valence-corrected chi connectivity index (χ2v) is 2.62. The van der Waals surface area contributed by atoms with Crippen LogP contribution in [0.25, 0.3) is 0 Å². The second-order valence-electron chi connectivity index (χ2n) is 2.62. The zero-order valence-electron chi connectivity index (χ0n) is 7.50. The smallest absolute Gasteiger partial charge is 0.325 e. The topological polar surface area (TPSA) is 44.1 Å². The van der Waals surface area contributed by atoms with E-state index in [0.717, 1.165) is 11.4 Å². The third kappa shape index (κ3) is 1.64. The number of carbonyl (C=O) groups is 1. The maximum absolute atomic E-state index is 10.9. The van der Waals surface area contributed by atoms with Crippen LogP contribution in [-0.4, -0.2) is 22.6 Å². The van der Waals surface area contributed by atoms with Crippen molar-refractivity contribution in [1.82, 2.24) is 9.55 Å². The molecule has 0 saturated carbocycles. The number of esters is 1. The lowest BCUT2D eigenvalue weighted by molar-refractivity contribution is -0.141. The van der Waals surface area contributed by atoms with Gasteiger partial charge in [-0.05, 0) is 13.8 Å². The van der Waals surface area contributed by atoms with Gasteiger partial charge in [-0.25, -0.2) is 4.98 Å². The summed E-state index contributed by atoms with van der Waals surface area (Å²) >= 11 is 0. The van der Waals surface area contributed by atoms with Crippen molar-refractivity contribution in [3.05, 3.63) is 17.7 Å². The van der Waals surface area contributed by atoms with Gasteiger partial charge in [0.15, 0.2) is 0 Å². The normalized spacial score (nSPS) is 9.92. The van der Waals surface area contributed by atoms with E-state index in [-0.39, 0.29) is 12.5 Å². The molecule has 1 aromatic rings. The number of hydrogen-bond acceptors (Lipinski definition) is 3. The van der Waals surface area contributed by atoms with Gasteiger partial charge in [-0.1, -0.05) is 0 Å². The first kappa shape index (κ1) is 8.77. The molecular formula is C8H12N2O2. The largest absolute Gasteiger partial charge is 0.468 e. The summed E-state index contributed by atoms with van der Waals surface area (Å²) < 4.78 is 6.30. The predicted octanol–water partition coefficient (Wildman–Crippen LogP) is 0.673. The Morgan fingerprint density at radius 2 is 2.33 bits per heavy atom. The average molecular weight is 168 g/mol. The number of aryl methyl sites for hydroxylation is 1. The van der Waals surface area contributed by atoms with E-state index in [1.165, 1.54) is 7.11 Å². The van der Waals surface area contributed by atoms with Crippen molar-refractivity contribution in [3.8, 4) is 0 Å². The van der Waals surface area contributed by atoms with Crippen molar-refractivity contribution in [3.63, 3.8) is 0 Å². The van der Waals surface area contributed by atoms with Crippen molar-refractivity contribution >= 4 is 5.97 Å². The van der Waals surface area contributed by atoms with Crippen LogP contribution in [-0.2, 0) is 16.1 Å². The fourth-order valence-electron chi connectivity index (χ4n) is 0.907. The van der Waals surface area contributed by atoms with Crippen LogP contribution in [0.1, 0.15) is 11.4 Å². The van der Waals surface area contributed by atoms with Gasteiger partial charge in [0.1, 0.15) is 6.54 Å². The highest BCUT2D eigenvalue weighted by Crippen LogP contribution is 2.03. The summed E-state index contributed by atoms with van der Waals surface area (Å²) in [5.41, 5.74) is 1.94. The first-order valence-corrected chi connectivity index (χ1v) is 3.70. The zero-order chi connectivity index (χ0) is 9.14. The van der Waals surface area contributed by atoms with E-state index in [9.17, 15) is 4.79 Å². The molecule has 0 aliphatic carbocycles. The molecule has 0 bridgehead atoms. The summed E-state index contributed by atoms with van der Waals surface area (Å²) in [6, 6.07) is 0. The Hall–Kier alpha value is -1.32. The number of methoxy groups -OCH3 is 1. The molecule has 4 nitrogen and oxygen atoms in total. The Bertz CT molecular complexity index is 291. The average Bonchev–Trinajstić information content (AvgIpc) is 2.36. The first-order valence-electron chi connectivity index (χ1n) is 3.70. The number of imidazole rings is 1. The molecule has 0 aliphatic heterocycles. The fraction of sp³-hybridized carbons (Fsp3) is 0.500. The third-order valence-electron chi connectivity index (χ3n) is 1.87. The van der Waals surface area contributed by atoms with E-state index >= 15 is 0 Å². The number of ether oxygens (including phenoxy) is 1. The van der Waals surface area contributed by atoms with E-state index in [1.807, 2.05) is 13.8 Å². The summed E-state index contributed by atoms with van der Waals surface area (Å²) in [6.45, 7) is 4.07. The maximum Gasteiger partial charge on any atom is 0.325 e. The summed E-state index contributed by atoms with van der Waals surface area (Å²) in [5, 5.41) is 0. The van der Waals surface area contributed by atoms with Gasteiger partial charge < -0.3 is 9.30 Å². The van der Waals surface area contributed by atoms with Crippen LogP contribution in [0.2, 0.25) is 0 Å². The lowest BCUT2D eigenvalue weighted by atomic mass is 10.4. The van der Waals surface area contributed by atoms with Crippen LogP contribution in [0.15, 0.2) is 6.33 Å². The quantitative estimate of drug-likeness (QED) is 0.610. The lowest BCUT2D eigenvalue weighted by Gasteiger charge is -2.02. The second kappa shape index (κ2) is 3.38. The first-order chi connectivity index (χ1) is 5.65. The van der Waals surface area contributed by atoms with Gasteiger partial charge in [-0.15, -0.1) is 0 Å². The minimum absolute atomic E-state index is 0.239. The molecule has 0 fully saturated rings. The van der Waals surface area contributed by atoms with Gasteiger partial charge in [0, 0.05) is 5.69 Å². The maximum atomic E-state index is 10.9. The minimum atomic E-state index is -0.254. The molecule has 0 aliphatic rings. The van der Waals surface area contributed by atoms with Crippen molar-refractivity contribution in [2.45, 2.75) is 20.4 Å². The number of hydrogen-bond donors (Lipinski definition) is 0. The molecule has 0 spiro atoms. The zero-order valence-corrected chi connectivity index (χ0v) is 7.50. The highest BCUT2D eigenvalue weighted by molar-refractivity contribution is 5.69. The highest BCUT2D eigenvalue weighted by atomic mass is 16.5. The number of nitrogens with zero attached hydrogens (tertiary/aromatic N) is 2. The molecule has 0 radical (unpaired) electrons.